The fourth-order valence-electron chi connectivity index (χ4n) is 4.94. The first-order chi connectivity index (χ1) is 14.8. The quantitative estimate of drug-likeness (QED) is 0.692. The van der Waals surface area contributed by atoms with Crippen molar-refractivity contribution in [1.29, 1.82) is 0 Å². The Bertz CT molecular complexity index is 1080. The molecule has 1 aliphatic heterocycles. The van der Waals surface area contributed by atoms with E-state index in [4.69, 9.17) is 0 Å². The molecule has 0 saturated heterocycles. The fraction of sp³-hybridized carbons (Fsp3) is 0.583. The highest BCUT2D eigenvalue weighted by Gasteiger charge is 2.35. The molecule has 1 aliphatic carbocycles. The van der Waals surface area contributed by atoms with Crippen LogP contribution in [0.3, 0.4) is 0 Å². The molecular formula is C24H33N3O3S. The summed E-state index contributed by atoms with van der Waals surface area (Å²) in [7, 11) is -3.21. The molecule has 0 bridgehead atoms. The van der Waals surface area contributed by atoms with Crippen molar-refractivity contribution in [3.63, 3.8) is 0 Å². The first kappa shape index (κ1) is 22.1. The highest BCUT2D eigenvalue weighted by molar-refractivity contribution is 7.90. The number of fused-ring (bicyclic) bond motifs is 1. The molecule has 6 nitrogen and oxygen atoms in total. The van der Waals surface area contributed by atoms with E-state index in [1.54, 1.807) is 4.68 Å². The molecule has 1 N–H and O–H groups in total. The Hall–Kier alpha value is -2.15. The molecule has 168 valence electrons. The standard InChI is InChI=1S/C24H33N3O3S/c1-4-5-8-18-10-12-19(13-11-18)24(28)25-23-20-14-31(29,30)15-21(20)26-27(23)22-9-6-7-16(2)17(22)3/h6-7,9,18-19H,4-5,8,10-15H2,1-3H3,(H,25,28). The van der Waals surface area contributed by atoms with Crippen molar-refractivity contribution in [3.05, 3.63) is 40.6 Å². The number of amides is 1. The molecule has 1 aromatic heterocycles. The third kappa shape index (κ3) is 4.56. The second kappa shape index (κ2) is 8.77. The van der Waals surface area contributed by atoms with Crippen molar-refractivity contribution in [2.24, 2.45) is 11.8 Å². The van der Waals surface area contributed by atoms with Gasteiger partial charge in [0.1, 0.15) is 5.82 Å². The molecule has 1 aromatic carbocycles. The van der Waals surface area contributed by atoms with E-state index >= 15 is 0 Å². The van der Waals surface area contributed by atoms with E-state index in [9.17, 15) is 13.2 Å². The summed E-state index contributed by atoms with van der Waals surface area (Å²) in [5, 5.41) is 7.72. The third-order valence-corrected chi connectivity index (χ3v) is 8.46. The lowest BCUT2D eigenvalue weighted by Crippen LogP contribution is -2.28. The van der Waals surface area contributed by atoms with Gasteiger partial charge in [0.2, 0.25) is 5.91 Å². The normalized spacial score (nSPS) is 22.3. The van der Waals surface area contributed by atoms with Crippen molar-refractivity contribution < 1.29 is 13.2 Å². The van der Waals surface area contributed by atoms with Gasteiger partial charge in [0.05, 0.1) is 22.9 Å². The van der Waals surface area contributed by atoms with Gasteiger partial charge >= 0.3 is 0 Å². The first-order valence-electron chi connectivity index (χ1n) is 11.5. The predicted octanol–water partition coefficient (Wildman–Crippen LogP) is 4.85. The van der Waals surface area contributed by atoms with Crippen LogP contribution >= 0.6 is 0 Å². The van der Waals surface area contributed by atoms with Crippen LogP contribution in [-0.2, 0) is 26.1 Å². The van der Waals surface area contributed by atoms with Crippen LogP contribution in [0.25, 0.3) is 5.69 Å². The molecule has 2 aromatic rings. The minimum atomic E-state index is -3.21. The molecule has 1 saturated carbocycles. The second-order valence-corrected chi connectivity index (χ2v) is 11.4. The maximum Gasteiger partial charge on any atom is 0.228 e. The molecule has 7 heteroatoms. The van der Waals surface area contributed by atoms with Crippen molar-refractivity contribution in [3.8, 4) is 5.69 Å². The Morgan fingerprint density at radius 3 is 2.61 bits per heavy atom. The number of hydrogen-bond acceptors (Lipinski definition) is 4. The molecule has 0 spiro atoms. The zero-order valence-electron chi connectivity index (χ0n) is 18.8. The number of nitrogens with zero attached hydrogens (tertiary/aromatic N) is 2. The van der Waals surface area contributed by atoms with Gasteiger partial charge in [-0.2, -0.15) is 5.10 Å². The summed E-state index contributed by atoms with van der Waals surface area (Å²) in [4.78, 5) is 13.2. The van der Waals surface area contributed by atoms with Crippen LogP contribution in [0, 0.1) is 25.7 Å². The van der Waals surface area contributed by atoms with Gasteiger partial charge in [-0.05, 0) is 62.6 Å². The summed E-state index contributed by atoms with van der Waals surface area (Å²) in [6.45, 7) is 6.28. The van der Waals surface area contributed by atoms with Gasteiger partial charge in [-0.15, -0.1) is 0 Å². The third-order valence-electron chi connectivity index (χ3n) is 7.02. The Morgan fingerprint density at radius 1 is 1.16 bits per heavy atom. The number of hydrogen-bond donors (Lipinski definition) is 1. The van der Waals surface area contributed by atoms with Crippen molar-refractivity contribution in [1.82, 2.24) is 9.78 Å². The molecule has 31 heavy (non-hydrogen) atoms. The summed E-state index contributed by atoms with van der Waals surface area (Å²) in [5.74, 6) is 1.11. The largest absolute Gasteiger partial charge is 0.310 e. The highest BCUT2D eigenvalue weighted by Crippen LogP contribution is 2.36. The monoisotopic (exact) mass is 443 g/mol. The number of sulfone groups is 1. The summed E-state index contributed by atoms with van der Waals surface area (Å²) in [6.07, 6.45) is 7.74. The number of rotatable bonds is 6. The van der Waals surface area contributed by atoms with Crippen LogP contribution in [0.4, 0.5) is 5.82 Å². The minimum absolute atomic E-state index is 0.00695. The van der Waals surface area contributed by atoms with Gasteiger partial charge in [0, 0.05) is 11.5 Å². The summed E-state index contributed by atoms with van der Waals surface area (Å²) in [5.41, 5.74) is 4.28. The van der Waals surface area contributed by atoms with Crippen LogP contribution in [0.2, 0.25) is 0 Å². The molecule has 1 fully saturated rings. The number of aromatic nitrogens is 2. The summed E-state index contributed by atoms with van der Waals surface area (Å²) < 4.78 is 26.2. The van der Waals surface area contributed by atoms with E-state index in [0.29, 0.717) is 17.1 Å². The van der Waals surface area contributed by atoms with Crippen LogP contribution in [0.1, 0.15) is 74.3 Å². The predicted molar refractivity (Wildman–Crippen MR) is 123 cm³/mol. The molecule has 0 radical (unpaired) electrons. The number of nitrogens with one attached hydrogen (secondary N) is 1. The molecule has 4 rings (SSSR count). The average molecular weight is 444 g/mol. The highest BCUT2D eigenvalue weighted by atomic mass is 32.2. The van der Waals surface area contributed by atoms with E-state index in [0.717, 1.165) is 48.4 Å². The number of benzene rings is 1. The topological polar surface area (TPSA) is 81.1 Å². The second-order valence-electron chi connectivity index (χ2n) is 9.29. The molecule has 0 unspecified atom stereocenters. The van der Waals surface area contributed by atoms with Crippen LogP contribution in [0.5, 0.6) is 0 Å². The lowest BCUT2D eigenvalue weighted by molar-refractivity contribution is -0.121. The molecule has 2 aliphatic rings. The minimum Gasteiger partial charge on any atom is -0.310 e. The van der Waals surface area contributed by atoms with Crippen molar-refractivity contribution in [2.45, 2.75) is 77.2 Å². The fourth-order valence-corrected chi connectivity index (χ4v) is 6.43. The van der Waals surface area contributed by atoms with Gasteiger partial charge in [-0.25, -0.2) is 13.1 Å². The zero-order valence-corrected chi connectivity index (χ0v) is 19.6. The maximum atomic E-state index is 13.2. The Balaban J connectivity index is 1.59. The number of anilines is 1. The van der Waals surface area contributed by atoms with Gasteiger partial charge in [0.25, 0.3) is 0 Å². The van der Waals surface area contributed by atoms with E-state index in [2.05, 4.69) is 17.3 Å². The smallest absolute Gasteiger partial charge is 0.228 e. The summed E-state index contributed by atoms with van der Waals surface area (Å²) >= 11 is 0. The number of carbonyl (C=O) groups excluding carboxylic acids is 1. The number of aryl methyl sites for hydroxylation is 1. The van der Waals surface area contributed by atoms with E-state index in [-0.39, 0.29) is 23.3 Å². The van der Waals surface area contributed by atoms with Gasteiger partial charge in [-0.3, -0.25) is 4.79 Å². The van der Waals surface area contributed by atoms with Crippen LogP contribution in [0.15, 0.2) is 18.2 Å². The zero-order chi connectivity index (χ0) is 22.2. The number of unbranched alkanes of at least 4 members (excludes halogenated alkanes) is 1. The number of carbonyl (C=O) groups is 1. The van der Waals surface area contributed by atoms with E-state index in [1.807, 2.05) is 32.0 Å². The van der Waals surface area contributed by atoms with Crippen molar-refractivity contribution >= 4 is 21.6 Å². The average Bonchev–Trinajstić information content (AvgIpc) is 3.21. The van der Waals surface area contributed by atoms with Gasteiger partial charge in [-0.1, -0.05) is 38.3 Å². The molecule has 1 amide bonds. The van der Waals surface area contributed by atoms with Crippen molar-refractivity contribution in [2.75, 3.05) is 5.32 Å². The van der Waals surface area contributed by atoms with E-state index in [1.165, 1.54) is 19.3 Å². The van der Waals surface area contributed by atoms with Gasteiger partial charge < -0.3 is 5.32 Å². The lowest BCUT2D eigenvalue weighted by atomic mass is 9.79. The first-order valence-corrected chi connectivity index (χ1v) is 13.3. The molecule has 2 heterocycles. The van der Waals surface area contributed by atoms with Crippen LogP contribution < -0.4 is 5.32 Å². The Morgan fingerprint density at radius 2 is 1.90 bits per heavy atom. The van der Waals surface area contributed by atoms with Crippen LogP contribution in [-0.4, -0.2) is 24.1 Å². The van der Waals surface area contributed by atoms with E-state index < -0.39 is 9.84 Å². The lowest BCUT2D eigenvalue weighted by Gasteiger charge is -2.28. The van der Waals surface area contributed by atoms with Gasteiger partial charge in [0.15, 0.2) is 9.84 Å². The molecule has 0 atom stereocenters. The maximum absolute atomic E-state index is 13.2. The summed E-state index contributed by atoms with van der Waals surface area (Å²) in [6, 6.07) is 5.97. The Labute approximate surface area is 185 Å². The Kier molecular flexibility index (Phi) is 6.24. The SMILES string of the molecule is CCCCC1CCC(C(=O)Nc2c3c(nn2-c2cccc(C)c2C)CS(=O)(=O)C3)CC1. The molecular weight excluding hydrogens is 410 g/mol.